The van der Waals surface area contributed by atoms with E-state index in [0.29, 0.717) is 29.5 Å². The molecule has 0 spiro atoms. The normalized spacial score (nSPS) is 14.2. The first kappa shape index (κ1) is 16.8. The van der Waals surface area contributed by atoms with Crippen LogP contribution in [0.3, 0.4) is 0 Å². The van der Waals surface area contributed by atoms with Crippen molar-refractivity contribution in [1.82, 2.24) is 10.3 Å². The first-order valence-electron chi connectivity index (χ1n) is 7.29. The highest BCUT2D eigenvalue weighted by atomic mass is 79.9. The van der Waals surface area contributed by atoms with Gasteiger partial charge in [-0.15, -0.1) is 0 Å². The van der Waals surface area contributed by atoms with Gasteiger partial charge in [0.25, 0.3) is 0 Å². The van der Waals surface area contributed by atoms with Gasteiger partial charge in [0, 0.05) is 17.9 Å². The van der Waals surface area contributed by atoms with Crippen LogP contribution in [-0.2, 0) is 6.42 Å². The second kappa shape index (κ2) is 7.23. The molecule has 0 aromatic heterocycles. The largest absolute Gasteiger partial charge is 0.456 e. The number of carbonyl (C=O) groups is 1. The van der Waals surface area contributed by atoms with Crippen molar-refractivity contribution in [3.8, 4) is 11.5 Å². The summed E-state index contributed by atoms with van der Waals surface area (Å²) >= 11 is 9.66. The standard InChI is InChI=1S/C17H15BrClN3O2/c1-22-10-13(20-21-17(22)23)7-11-5-6-15(19)16(8-11)24-14-4-2-3-12(18)9-14/h2-6,8-9H,7,10H2,1H3,(H,21,23). The highest BCUT2D eigenvalue weighted by molar-refractivity contribution is 9.10. The SMILES string of the molecule is CN1CC(Cc2ccc(Cl)c(Oc3cccc(Br)c3)c2)=NNC1=O. The summed E-state index contributed by atoms with van der Waals surface area (Å²) in [6.07, 6.45) is 0.608. The molecule has 2 aromatic carbocycles. The van der Waals surface area contributed by atoms with Crippen molar-refractivity contribution in [3.05, 3.63) is 57.5 Å². The molecule has 2 aromatic rings. The predicted molar refractivity (Wildman–Crippen MR) is 98.0 cm³/mol. The highest BCUT2D eigenvalue weighted by Crippen LogP contribution is 2.31. The van der Waals surface area contributed by atoms with Gasteiger partial charge >= 0.3 is 6.03 Å². The van der Waals surface area contributed by atoms with Crippen LogP contribution in [-0.4, -0.2) is 30.2 Å². The highest BCUT2D eigenvalue weighted by Gasteiger charge is 2.17. The third-order valence-corrected chi connectivity index (χ3v) is 4.31. The van der Waals surface area contributed by atoms with Gasteiger partial charge in [0.05, 0.1) is 17.3 Å². The van der Waals surface area contributed by atoms with E-state index in [-0.39, 0.29) is 6.03 Å². The van der Waals surface area contributed by atoms with Crippen molar-refractivity contribution >= 4 is 39.3 Å². The number of benzene rings is 2. The molecule has 124 valence electrons. The Balaban J connectivity index is 1.78. The lowest BCUT2D eigenvalue weighted by Gasteiger charge is -2.22. The van der Waals surface area contributed by atoms with Gasteiger partial charge in [0.1, 0.15) is 11.5 Å². The molecule has 1 aliphatic heterocycles. The third kappa shape index (κ3) is 4.07. The van der Waals surface area contributed by atoms with E-state index < -0.39 is 0 Å². The molecule has 1 heterocycles. The summed E-state index contributed by atoms with van der Waals surface area (Å²) in [4.78, 5) is 13.0. The number of ether oxygens (including phenoxy) is 1. The molecule has 0 fully saturated rings. The summed E-state index contributed by atoms with van der Waals surface area (Å²) in [5.41, 5.74) is 4.36. The van der Waals surface area contributed by atoms with Gasteiger partial charge in [0.15, 0.2) is 0 Å². The summed E-state index contributed by atoms with van der Waals surface area (Å²) < 4.78 is 6.81. The Morgan fingerprint density at radius 2 is 2.17 bits per heavy atom. The Hall–Kier alpha value is -2.05. The lowest BCUT2D eigenvalue weighted by atomic mass is 10.1. The minimum Gasteiger partial charge on any atom is -0.456 e. The van der Waals surface area contributed by atoms with Gasteiger partial charge < -0.3 is 9.64 Å². The van der Waals surface area contributed by atoms with Crippen LogP contribution >= 0.6 is 27.5 Å². The number of urea groups is 1. The summed E-state index contributed by atoms with van der Waals surface area (Å²) in [6, 6.07) is 13.0. The quantitative estimate of drug-likeness (QED) is 0.812. The minimum atomic E-state index is -0.200. The topological polar surface area (TPSA) is 53.9 Å². The van der Waals surface area contributed by atoms with Crippen molar-refractivity contribution in [2.24, 2.45) is 5.10 Å². The average Bonchev–Trinajstić information content (AvgIpc) is 2.54. The molecule has 0 atom stereocenters. The Morgan fingerprint density at radius 1 is 1.33 bits per heavy atom. The number of hydrazone groups is 1. The maximum absolute atomic E-state index is 11.4. The van der Waals surface area contributed by atoms with Crippen LogP contribution in [0.5, 0.6) is 11.5 Å². The van der Waals surface area contributed by atoms with E-state index in [1.807, 2.05) is 36.4 Å². The van der Waals surface area contributed by atoms with Crippen LogP contribution in [0.1, 0.15) is 5.56 Å². The molecule has 1 aliphatic rings. The molecule has 3 rings (SSSR count). The number of hydrogen-bond donors (Lipinski definition) is 1. The van der Waals surface area contributed by atoms with E-state index in [9.17, 15) is 4.79 Å². The Bertz CT molecular complexity index is 810. The number of hydrogen-bond acceptors (Lipinski definition) is 3. The van der Waals surface area contributed by atoms with E-state index in [2.05, 4.69) is 26.5 Å². The molecule has 0 aliphatic carbocycles. The van der Waals surface area contributed by atoms with Crippen LogP contribution in [0.2, 0.25) is 5.02 Å². The fraction of sp³-hybridized carbons (Fsp3) is 0.176. The zero-order chi connectivity index (χ0) is 17.1. The number of nitrogens with one attached hydrogen (secondary N) is 1. The maximum Gasteiger partial charge on any atom is 0.337 e. The lowest BCUT2D eigenvalue weighted by Crippen LogP contribution is -2.43. The molecule has 0 unspecified atom stereocenters. The first-order chi connectivity index (χ1) is 11.5. The van der Waals surface area contributed by atoms with Crippen molar-refractivity contribution in [2.75, 3.05) is 13.6 Å². The molecular weight excluding hydrogens is 394 g/mol. The van der Waals surface area contributed by atoms with E-state index in [1.54, 1.807) is 18.0 Å². The van der Waals surface area contributed by atoms with Crippen molar-refractivity contribution in [3.63, 3.8) is 0 Å². The Kier molecular flexibility index (Phi) is 5.06. The van der Waals surface area contributed by atoms with Crippen molar-refractivity contribution in [1.29, 1.82) is 0 Å². The molecule has 5 nitrogen and oxygen atoms in total. The average molecular weight is 409 g/mol. The molecule has 0 radical (unpaired) electrons. The second-order valence-corrected chi connectivity index (χ2v) is 6.77. The summed E-state index contributed by atoms with van der Waals surface area (Å²) in [5.74, 6) is 1.28. The molecule has 7 heteroatoms. The zero-order valence-electron chi connectivity index (χ0n) is 12.9. The van der Waals surface area contributed by atoms with Crippen LogP contribution in [0, 0.1) is 0 Å². The predicted octanol–water partition coefficient (Wildman–Crippen LogP) is 4.45. The Morgan fingerprint density at radius 3 is 2.92 bits per heavy atom. The van der Waals surface area contributed by atoms with Gasteiger partial charge in [0.2, 0.25) is 0 Å². The summed E-state index contributed by atoms with van der Waals surface area (Å²) in [7, 11) is 1.73. The molecule has 0 bridgehead atoms. The van der Waals surface area contributed by atoms with Crippen molar-refractivity contribution in [2.45, 2.75) is 6.42 Å². The van der Waals surface area contributed by atoms with E-state index in [4.69, 9.17) is 16.3 Å². The van der Waals surface area contributed by atoms with Crippen LogP contribution in [0.15, 0.2) is 52.0 Å². The van der Waals surface area contributed by atoms with Crippen LogP contribution < -0.4 is 10.2 Å². The third-order valence-electron chi connectivity index (χ3n) is 3.50. The monoisotopic (exact) mass is 407 g/mol. The molecular formula is C17H15BrClN3O2. The van der Waals surface area contributed by atoms with Crippen molar-refractivity contribution < 1.29 is 9.53 Å². The molecule has 0 saturated carbocycles. The second-order valence-electron chi connectivity index (χ2n) is 5.45. The Labute approximate surface area is 153 Å². The fourth-order valence-electron chi connectivity index (χ4n) is 2.32. The number of halogens is 2. The van der Waals surface area contributed by atoms with Gasteiger partial charge in [-0.25, -0.2) is 10.2 Å². The van der Waals surface area contributed by atoms with E-state index >= 15 is 0 Å². The summed E-state index contributed by atoms with van der Waals surface area (Å²) in [5, 5.41) is 4.64. The summed E-state index contributed by atoms with van der Waals surface area (Å²) in [6.45, 7) is 0.496. The molecule has 2 amide bonds. The number of carbonyl (C=O) groups excluding carboxylic acids is 1. The van der Waals surface area contributed by atoms with Gasteiger partial charge in [-0.3, -0.25) is 0 Å². The minimum absolute atomic E-state index is 0.200. The van der Waals surface area contributed by atoms with Crippen LogP contribution in [0.25, 0.3) is 0 Å². The van der Waals surface area contributed by atoms with Gasteiger partial charge in [-0.1, -0.05) is 39.7 Å². The number of rotatable bonds is 4. The smallest absolute Gasteiger partial charge is 0.337 e. The van der Waals surface area contributed by atoms with Gasteiger partial charge in [-0.05, 0) is 35.9 Å². The number of nitrogens with zero attached hydrogens (tertiary/aromatic N) is 2. The lowest BCUT2D eigenvalue weighted by molar-refractivity contribution is 0.212. The fourth-order valence-corrected chi connectivity index (χ4v) is 2.85. The maximum atomic E-state index is 11.4. The zero-order valence-corrected chi connectivity index (χ0v) is 15.3. The van der Waals surface area contributed by atoms with Gasteiger partial charge in [-0.2, -0.15) is 5.10 Å². The van der Waals surface area contributed by atoms with Crippen LogP contribution in [0.4, 0.5) is 4.79 Å². The molecule has 1 N–H and O–H groups in total. The molecule has 0 saturated heterocycles. The first-order valence-corrected chi connectivity index (χ1v) is 8.47. The van der Waals surface area contributed by atoms with E-state index in [0.717, 1.165) is 15.7 Å². The molecule has 24 heavy (non-hydrogen) atoms. The van der Waals surface area contributed by atoms with E-state index in [1.165, 1.54) is 0 Å². The number of amides is 2.